The zero-order valence-electron chi connectivity index (χ0n) is 12.8. The van der Waals surface area contributed by atoms with Crippen LogP contribution in [0.3, 0.4) is 0 Å². The van der Waals surface area contributed by atoms with E-state index >= 15 is 0 Å². The molecule has 4 nitrogen and oxygen atoms in total. The van der Waals surface area contributed by atoms with E-state index in [0.717, 1.165) is 42.8 Å². The van der Waals surface area contributed by atoms with E-state index < -0.39 is 0 Å². The van der Waals surface area contributed by atoms with Crippen LogP contribution in [0.15, 0.2) is 24.3 Å². The summed E-state index contributed by atoms with van der Waals surface area (Å²) < 4.78 is 10.6. The van der Waals surface area contributed by atoms with Crippen LogP contribution in [0.1, 0.15) is 44.5 Å². The van der Waals surface area contributed by atoms with Gasteiger partial charge in [0.25, 0.3) is 0 Å². The lowest BCUT2D eigenvalue weighted by Gasteiger charge is -2.06. The Bertz CT molecular complexity index is 511. The van der Waals surface area contributed by atoms with E-state index in [9.17, 15) is 4.79 Å². The van der Waals surface area contributed by atoms with Crippen molar-refractivity contribution < 1.29 is 14.3 Å². The molecule has 2 rings (SSSR count). The summed E-state index contributed by atoms with van der Waals surface area (Å²) in [6.07, 6.45) is 4.69. The molecular formula is C17H23NO3. The Morgan fingerprint density at radius 1 is 1.38 bits per heavy atom. The van der Waals surface area contributed by atoms with Gasteiger partial charge in [0, 0.05) is 6.61 Å². The predicted octanol–water partition coefficient (Wildman–Crippen LogP) is 3.36. The van der Waals surface area contributed by atoms with Gasteiger partial charge < -0.3 is 9.47 Å². The highest BCUT2D eigenvalue weighted by Gasteiger charge is 2.24. The third-order valence-electron chi connectivity index (χ3n) is 3.45. The molecule has 0 aliphatic heterocycles. The molecule has 1 aromatic rings. The number of aromatic nitrogens is 1. The maximum atomic E-state index is 11.8. The summed E-state index contributed by atoms with van der Waals surface area (Å²) in [5, 5.41) is 0. The molecule has 0 amide bonds. The third kappa shape index (κ3) is 4.39. The highest BCUT2D eigenvalue weighted by Crippen LogP contribution is 2.31. The number of ether oxygens (including phenoxy) is 2. The van der Waals surface area contributed by atoms with Crippen molar-refractivity contribution in [3.8, 4) is 0 Å². The van der Waals surface area contributed by atoms with Crippen molar-refractivity contribution in [3.63, 3.8) is 0 Å². The van der Waals surface area contributed by atoms with Gasteiger partial charge in [0.15, 0.2) is 0 Å². The Hall–Kier alpha value is -1.68. The predicted molar refractivity (Wildman–Crippen MR) is 81.5 cm³/mol. The van der Waals surface area contributed by atoms with Crippen LogP contribution in [0, 0.1) is 5.92 Å². The van der Waals surface area contributed by atoms with Gasteiger partial charge in [0.2, 0.25) is 0 Å². The average Bonchev–Trinajstić information content (AvgIpc) is 2.98. The fourth-order valence-corrected chi connectivity index (χ4v) is 2.43. The second-order valence-electron chi connectivity index (χ2n) is 5.16. The maximum Gasteiger partial charge on any atom is 0.312 e. The summed E-state index contributed by atoms with van der Waals surface area (Å²) in [7, 11) is 0. The maximum absolute atomic E-state index is 11.8. The van der Waals surface area contributed by atoms with Crippen molar-refractivity contribution in [1.29, 1.82) is 0 Å². The molecule has 0 aromatic carbocycles. The lowest BCUT2D eigenvalue weighted by Crippen LogP contribution is -2.13. The average molecular weight is 289 g/mol. The molecular weight excluding hydrogens is 266 g/mol. The van der Waals surface area contributed by atoms with Gasteiger partial charge in [-0.15, -0.1) is 0 Å². The summed E-state index contributed by atoms with van der Waals surface area (Å²) in [5.41, 5.74) is 3.01. The lowest BCUT2D eigenvalue weighted by atomic mass is 10.1. The van der Waals surface area contributed by atoms with Crippen LogP contribution in [0.5, 0.6) is 0 Å². The van der Waals surface area contributed by atoms with Gasteiger partial charge in [-0.2, -0.15) is 0 Å². The Labute approximate surface area is 126 Å². The van der Waals surface area contributed by atoms with E-state index in [0.29, 0.717) is 13.2 Å². The quantitative estimate of drug-likeness (QED) is 0.570. The highest BCUT2D eigenvalue weighted by atomic mass is 16.5. The topological polar surface area (TPSA) is 48.4 Å². The van der Waals surface area contributed by atoms with Gasteiger partial charge in [0.1, 0.15) is 0 Å². The second-order valence-corrected chi connectivity index (χ2v) is 5.16. The van der Waals surface area contributed by atoms with Crippen molar-refractivity contribution in [2.24, 2.45) is 5.92 Å². The molecule has 114 valence electrons. The monoisotopic (exact) mass is 289 g/mol. The van der Waals surface area contributed by atoms with Gasteiger partial charge in [-0.05, 0) is 43.9 Å². The fourth-order valence-electron chi connectivity index (χ4n) is 2.43. The van der Waals surface area contributed by atoms with Gasteiger partial charge >= 0.3 is 5.97 Å². The zero-order valence-corrected chi connectivity index (χ0v) is 12.8. The molecule has 21 heavy (non-hydrogen) atoms. The van der Waals surface area contributed by atoms with Gasteiger partial charge in [0.05, 0.1) is 30.5 Å². The molecule has 0 saturated heterocycles. The Morgan fingerprint density at radius 3 is 3.00 bits per heavy atom. The summed E-state index contributed by atoms with van der Waals surface area (Å²) >= 11 is 0. The van der Waals surface area contributed by atoms with E-state index in [-0.39, 0.29) is 11.9 Å². The summed E-state index contributed by atoms with van der Waals surface area (Å²) in [6.45, 7) is 5.64. The minimum atomic E-state index is -0.130. The number of carbonyl (C=O) groups excluding carboxylic acids is 1. The largest absolute Gasteiger partial charge is 0.466 e. The molecule has 0 spiro atoms. The van der Waals surface area contributed by atoms with Crippen LogP contribution in [0.2, 0.25) is 0 Å². The summed E-state index contributed by atoms with van der Waals surface area (Å²) in [6, 6.07) is 5.95. The van der Waals surface area contributed by atoms with Gasteiger partial charge in [-0.1, -0.05) is 19.1 Å². The number of allylic oxidation sites excluding steroid dienone is 1. The van der Waals surface area contributed by atoms with Crippen molar-refractivity contribution in [1.82, 2.24) is 4.98 Å². The van der Waals surface area contributed by atoms with Crippen molar-refractivity contribution in [2.75, 3.05) is 13.2 Å². The van der Waals surface area contributed by atoms with E-state index in [1.165, 1.54) is 0 Å². The first-order chi connectivity index (χ1) is 10.2. The van der Waals surface area contributed by atoms with Gasteiger partial charge in [-0.3, -0.25) is 9.78 Å². The number of nitrogens with zero attached hydrogens (tertiary/aromatic N) is 1. The minimum absolute atomic E-state index is 0.123. The van der Waals surface area contributed by atoms with Crippen LogP contribution < -0.4 is 0 Å². The molecule has 1 unspecified atom stereocenters. The molecule has 1 aromatic heterocycles. The van der Waals surface area contributed by atoms with Crippen molar-refractivity contribution in [3.05, 3.63) is 35.7 Å². The lowest BCUT2D eigenvalue weighted by molar-refractivity contribution is -0.146. The van der Waals surface area contributed by atoms with Crippen LogP contribution >= 0.6 is 0 Å². The second kappa shape index (κ2) is 7.93. The molecule has 0 fully saturated rings. The summed E-state index contributed by atoms with van der Waals surface area (Å²) in [4.78, 5) is 16.4. The minimum Gasteiger partial charge on any atom is -0.466 e. The molecule has 0 radical (unpaired) electrons. The molecule has 1 heterocycles. The molecule has 1 atom stereocenters. The number of pyridine rings is 1. The standard InChI is InChI=1S/C17H23NO3/c1-3-10-20-12-15-6-5-7-16(18-15)13-8-9-14(11-13)17(19)21-4-2/h5-7,11,14H,3-4,8-10,12H2,1-2H3. The normalized spacial score (nSPS) is 17.6. The molecule has 0 saturated carbocycles. The third-order valence-corrected chi connectivity index (χ3v) is 3.45. The SMILES string of the molecule is CCCOCc1cccc(C2=CC(C(=O)OCC)CC2)n1. The molecule has 0 N–H and O–H groups in total. The summed E-state index contributed by atoms with van der Waals surface area (Å²) in [5.74, 6) is -0.253. The zero-order chi connectivity index (χ0) is 15.1. The van der Waals surface area contributed by atoms with Gasteiger partial charge in [-0.25, -0.2) is 0 Å². The first-order valence-electron chi connectivity index (χ1n) is 7.66. The smallest absolute Gasteiger partial charge is 0.312 e. The first kappa shape index (κ1) is 15.7. The van der Waals surface area contributed by atoms with Crippen LogP contribution in [-0.4, -0.2) is 24.2 Å². The molecule has 4 heteroatoms. The van der Waals surface area contributed by atoms with E-state index in [4.69, 9.17) is 9.47 Å². The Morgan fingerprint density at radius 2 is 2.24 bits per heavy atom. The molecule has 1 aliphatic rings. The van der Waals surface area contributed by atoms with Crippen LogP contribution in [0.4, 0.5) is 0 Å². The first-order valence-corrected chi connectivity index (χ1v) is 7.66. The molecule has 0 bridgehead atoms. The number of rotatable bonds is 7. The van der Waals surface area contributed by atoms with Crippen molar-refractivity contribution >= 4 is 11.5 Å². The van der Waals surface area contributed by atoms with Crippen molar-refractivity contribution in [2.45, 2.75) is 39.7 Å². The van der Waals surface area contributed by atoms with E-state index in [2.05, 4.69) is 11.9 Å². The number of carbonyl (C=O) groups is 1. The number of esters is 1. The molecule has 1 aliphatic carbocycles. The highest BCUT2D eigenvalue weighted by molar-refractivity contribution is 5.80. The van der Waals surface area contributed by atoms with E-state index in [1.807, 2.05) is 31.2 Å². The van der Waals surface area contributed by atoms with E-state index in [1.54, 1.807) is 0 Å². The van der Waals surface area contributed by atoms with Crippen LogP contribution in [-0.2, 0) is 20.9 Å². The Kier molecular flexibility index (Phi) is 5.93. The number of hydrogen-bond donors (Lipinski definition) is 0. The number of hydrogen-bond acceptors (Lipinski definition) is 4. The Balaban J connectivity index is 2.03. The van der Waals surface area contributed by atoms with Crippen LogP contribution in [0.25, 0.3) is 5.57 Å². The fraction of sp³-hybridized carbons (Fsp3) is 0.529.